The Hall–Kier alpha value is -2.09. The fourth-order valence-corrected chi connectivity index (χ4v) is 3.64. The number of amides is 1. The Morgan fingerprint density at radius 1 is 1.43 bits per heavy atom. The van der Waals surface area contributed by atoms with Crippen molar-refractivity contribution in [2.45, 2.75) is 18.9 Å². The molecule has 1 unspecified atom stereocenters. The molecule has 2 N–H and O–H groups in total. The van der Waals surface area contributed by atoms with Crippen LogP contribution in [0.2, 0.25) is 0 Å². The van der Waals surface area contributed by atoms with Crippen LogP contribution < -0.4 is 5.32 Å². The van der Waals surface area contributed by atoms with Gasteiger partial charge in [0.25, 0.3) is 5.91 Å². The zero-order valence-electron chi connectivity index (χ0n) is 11.4. The first-order chi connectivity index (χ1) is 10.0. The number of aryl methyl sites for hydroxylation is 1. The molecule has 1 aliphatic rings. The summed E-state index contributed by atoms with van der Waals surface area (Å²) < 4.78 is 1.70. The lowest BCUT2D eigenvalue weighted by molar-refractivity contribution is -0.143. The van der Waals surface area contributed by atoms with Gasteiger partial charge in [-0.2, -0.15) is 11.8 Å². The minimum absolute atomic E-state index is 0.391. The van der Waals surface area contributed by atoms with Gasteiger partial charge in [0.15, 0.2) is 5.65 Å². The lowest BCUT2D eigenvalue weighted by Crippen LogP contribution is -2.54. The maximum absolute atomic E-state index is 12.3. The summed E-state index contributed by atoms with van der Waals surface area (Å²) in [5, 5.41) is 19.9. The molecule has 7 nitrogen and oxygen atoms in total. The van der Waals surface area contributed by atoms with Crippen LogP contribution in [0.5, 0.6) is 0 Å². The third-order valence-electron chi connectivity index (χ3n) is 3.62. The normalized spacial score (nSPS) is 21.6. The third kappa shape index (κ3) is 2.35. The maximum atomic E-state index is 12.3. The number of thioether (sulfide) groups is 1. The molecule has 1 saturated heterocycles. The van der Waals surface area contributed by atoms with Gasteiger partial charge in [-0.1, -0.05) is 0 Å². The first-order valence-corrected chi connectivity index (χ1v) is 7.62. The summed E-state index contributed by atoms with van der Waals surface area (Å²) in [6.07, 6.45) is 2.06. The molecule has 1 atom stereocenters. The van der Waals surface area contributed by atoms with E-state index in [1.54, 1.807) is 29.7 Å². The molecule has 0 aromatic carbocycles. The zero-order chi connectivity index (χ0) is 15.0. The predicted octanol–water partition coefficient (Wildman–Crippen LogP) is 0.728. The topological polar surface area (TPSA) is 96.6 Å². The highest BCUT2D eigenvalue weighted by molar-refractivity contribution is 7.99. The highest BCUT2D eigenvalue weighted by Crippen LogP contribution is 2.28. The van der Waals surface area contributed by atoms with Crippen LogP contribution in [0.1, 0.15) is 22.6 Å². The fourth-order valence-electron chi connectivity index (χ4n) is 2.31. The minimum atomic E-state index is -1.17. The number of nitrogens with one attached hydrogen (secondary N) is 1. The second-order valence-corrected chi connectivity index (χ2v) is 6.14. The van der Waals surface area contributed by atoms with E-state index in [1.807, 2.05) is 0 Å². The summed E-state index contributed by atoms with van der Waals surface area (Å²) >= 11 is 1.53. The number of fused-ring (bicyclic) bond motifs is 1. The summed E-state index contributed by atoms with van der Waals surface area (Å²) in [7, 11) is 0. The monoisotopic (exact) mass is 306 g/mol. The van der Waals surface area contributed by atoms with Crippen LogP contribution in [0, 0.1) is 6.92 Å². The van der Waals surface area contributed by atoms with Crippen molar-refractivity contribution in [3.05, 3.63) is 29.7 Å². The molecule has 0 radical (unpaired) electrons. The van der Waals surface area contributed by atoms with Gasteiger partial charge in [-0.25, -0.2) is 4.79 Å². The van der Waals surface area contributed by atoms with Crippen LogP contribution in [-0.4, -0.2) is 48.6 Å². The molecule has 1 amide bonds. The summed E-state index contributed by atoms with van der Waals surface area (Å²) in [4.78, 5) is 23.8. The van der Waals surface area contributed by atoms with Crippen LogP contribution >= 0.6 is 11.8 Å². The molecule has 3 rings (SSSR count). The quantitative estimate of drug-likeness (QED) is 0.867. The van der Waals surface area contributed by atoms with Crippen molar-refractivity contribution < 1.29 is 14.7 Å². The van der Waals surface area contributed by atoms with Gasteiger partial charge in [-0.3, -0.25) is 9.20 Å². The van der Waals surface area contributed by atoms with Gasteiger partial charge in [0.05, 0.1) is 5.56 Å². The molecule has 0 aliphatic carbocycles. The highest BCUT2D eigenvalue weighted by atomic mass is 32.2. The van der Waals surface area contributed by atoms with E-state index in [0.29, 0.717) is 29.2 Å². The van der Waals surface area contributed by atoms with Gasteiger partial charge in [-0.05, 0) is 31.2 Å². The highest BCUT2D eigenvalue weighted by Gasteiger charge is 2.43. The van der Waals surface area contributed by atoms with Gasteiger partial charge in [-0.15, -0.1) is 10.2 Å². The van der Waals surface area contributed by atoms with Crippen molar-refractivity contribution >= 4 is 29.3 Å². The van der Waals surface area contributed by atoms with Crippen molar-refractivity contribution in [3.63, 3.8) is 0 Å². The zero-order valence-corrected chi connectivity index (χ0v) is 12.2. The number of nitrogens with zero attached hydrogens (tertiary/aromatic N) is 3. The Labute approximate surface area is 124 Å². The summed E-state index contributed by atoms with van der Waals surface area (Å²) in [6, 6.07) is 3.31. The fraction of sp³-hybridized carbons (Fsp3) is 0.385. The van der Waals surface area contributed by atoms with Crippen LogP contribution in [0.15, 0.2) is 18.3 Å². The molecule has 21 heavy (non-hydrogen) atoms. The summed E-state index contributed by atoms with van der Waals surface area (Å²) in [5.41, 5.74) is -0.129. The molecule has 1 fully saturated rings. The number of rotatable bonds is 3. The number of carbonyl (C=O) groups excluding carboxylic acids is 1. The van der Waals surface area contributed by atoms with E-state index in [9.17, 15) is 14.7 Å². The number of carboxylic acids is 1. The molecule has 110 valence electrons. The van der Waals surface area contributed by atoms with E-state index in [-0.39, 0.29) is 0 Å². The van der Waals surface area contributed by atoms with Gasteiger partial charge in [0.1, 0.15) is 11.4 Å². The molecule has 1 aliphatic heterocycles. The van der Waals surface area contributed by atoms with E-state index < -0.39 is 17.4 Å². The van der Waals surface area contributed by atoms with E-state index in [2.05, 4.69) is 15.5 Å². The van der Waals surface area contributed by atoms with E-state index >= 15 is 0 Å². The molecule has 2 aromatic heterocycles. The number of hydrogen-bond acceptors (Lipinski definition) is 5. The van der Waals surface area contributed by atoms with Gasteiger partial charge < -0.3 is 10.4 Å². The first kappa shape index (κ1) is 13.9. The third-order valence-corrected chi connectivity index (χ3v) is 4.81. The SMILES string of the molecule is Cc1nnc2ccc(C(=O)NC3(C(=O)O)CCSC3)cn12. The largest absolute Gasteiger partial charge is 0.479 e. The van der Waals surface area contributed by atoms with E-state index in [4.69, 9.17) is 0 Å². The predicted molar refractivity (Wildman–Crippen MR) is 77.5 cm³/mol. The summed E-state index contributed by atoms with van der Waals surface area (Å²) in [5.74, 6) is 0.416. The maximum Gasteiger partial charge on any atom is 0.330 e. The number of carboxylic acid groups (broad SMARTS) is 1. The lowest BCUT2D eigenvalue weighted by Gasteiger charge is -2.24. The summed E-state index contributed by atoms with van der Waals surface area (Å²) in [6.45, 7) is 1.79. The number of pyridine rings is 1. The molecule has 0 spiro atoms. The molecular weight excluding hydrogens is 292 g/mol. The Bertz CT molecular complexity index is 721. The van der Waals surface area contributed by atoms with Crippen molar-refractivity contribution in [2.24, 2.45) is 0 Å². The minimum Gasteiger partial charge on any atom is -0.479 e. The average Bonchev–Trinajstić information content (AvgIpc) is 3.07. The number of carbonyl (C=O) groups is 2. The lowest BCUT2D eigenvalue weighted by atomic mass is 9.98. The first-order valence-electron chi connectivity index (χ1n) is 6.47. The van der Waals surface area contributed by atoms with E-state index in [0.717, 1.165) is 5.75 Å². The number of aromatic nitrogens is 3. The Balaban J connectivity index is 1.89. The second-order valence-electron chi connectivity index (χ2n) is 5.04. The Morgan fingerprint density at radius 2 is 2.24 bits per heavy atom. The molecule has 2 aromatic rings. The standard InChI is InChI=1S/C13H14N4O3S/c1-8-15-16-10-3-2-9(6-17(8)10)11(18)14-13(12(19)20)4-5-21-7-13/h2-3,6H,4-5,7H2,1H3,(H,14,18)(H,19,20). The molecular formula is C13H14N4O3S. The molecule has 0 saturated carbocycles. The smallest absolute Gasteiger partial charge is 0.330 e. The van der Waals surface area contributed by atoms with Crippen LogP contribution in [0.4, 0.5) is 0 Å². The van der Waals surface area contributed by atoms with Crippen molar-refractivity contribution in [3.8, 4) is 0 Å². The molecule has 0 bridgehead atoms. The van der Waals surface area contributed by atoms with Crippen LogP contribution in [-0.2, 0) is 4.79 Å². The Morgan fingerprint density at radius 3 is 2.90 bits per heavy atom. The average molecular weight is 306 g/mol. The second kappa shape index (κ2) is 5.03. The van der Waals surface area contributed by atoms with Gasteiger partial charge in [0.2, 0.25) is 0 Å². The van der Waals surface area contributed by atoms with Crippen LogP contribution in [0.3, 0.4) is 0 Å². The van der Waals surface area contributed by atoms with Gasteiger partial charge in [0, 0.05) is 11.9 Å². The van der Waals surface area contributed by atoms with Crippen molar-refractivity contribution in [2.75, 3.05) is 11.5 Å². The van der Waals surface area contributed by atoms with Crippen molar-refractivity contribution in [1.82, 2.24) is 19.9 Å². The number of hydrogen-bond donors (Lipinski definition) is 2. The number of aliphatic carboxylic acids is 1. The van der Waals surface area contributed by atoms with Crippen LogP contribution in [0.25, 0.3) is 5.65 Å². The molecule has 3 heterocycles. The van der Waals surface area contributed by atoms with E-state index in [1.165, 1.54) is 11.8 Å². The van der Waals surface area contributed by atoms with Crippen molar-refractivity contribution in [1.29, 1.82) is 0 Å². The molecule has 8 heteroatoms. The Kier molecular flexibility index (Phi) is 3.32. The van der Waals surface area contributed by atoms with Gasteiger partial charge >= 0.3 is 5.97 Å².